The Hall–Kier alpha value is -2.17. The predicted molar refractivity (Wildman–Crippen MR) is 74.1 cm³/mol. The minimum atomic E-state index is -1.26. The van der Waals surface area contributed by atoms with Crippen LogP contribution in [0.15, 0.2) is 30.6 Å². The SMILES string of the molecule is CCCCCn1cc(-c2ccc(C(=O)O)c(F)c2)cn1. The van der Waals surface area contributed by atoms with Gasteiger partial charge in [-0.1, -0.05) is 25.8 Å². The highest BCUT2D eigenvalue weighted by atomic mass is 19.1. The maximum absolute atomic E-state index is 13.6. The summed E-state index contributed by atoms with van der Waals surface area (Å²) in [6.45, 7) is 2.98. The molecule has 5 heteroatoms. The first kappa shape index (κ1) is 14.2. The molecule has 0 aliphatic rings. The maximum atomic E-state index is 13.6. The minimum Gasteiger partial charge on any atom is -0.478 e. The molecular formula is C15H17FN2O2. The van der Waals surface area contributed by atoms with E-state index in [1.807, 2.05) is 10.9 Å². The van der Waals surface area contributed by atoms with Gasteiger partial charge >= 0.3 is 5.97 Å². The van der Waals surface area contributed by atoms with Crippen LogP contribution < -0.4 is 0 Å². The third-order valence-electron chi connectivity index (χ3n) is 3.16. The molecule has 106 valence electrons. The number of halogens is 1. The Kier molecular flexibility index (Phi) is 4.50. The van der Waals surface area contributed by atoms with Crippen LogP contribution in [0.25, 0.3) is 11.1 Å². The molecule has 0 spiro atoms. The zero-order valence-corrected chi connectivity index (χ0v) is 11.3. The summed E-state index contributed by atoms with van der Waals surface area (Å²) in [5, 5.41) is 13.0. The van der Waals surface area contributed by atoms with Crippen molar-refractivity contribution < 1.29 is 14.3 Å². The molecule has 0 amide bonds. The molecule has 0 unspecified atom stereocenters. The van der Waals surface area contributed by atoms with Crippen LogP contribution in [0.4, 0.5) is 4.39 Å². The fourth-order valence-corrected chi connectivity index (χ4v) is 2.03. The van der Waals surface area contributed by atoms with Gasteiger partial charge in [0.1, 0.15) is 5.82 Å². The van der Waals surface area contributed by atoms with Gasteiger partial charge in [-0.3, -0.25) is 4.68 Å². The van der Waals surface area contributed by atoms with Crippen molar-refractivity contribution in [2.45, 2.75) is 32.7 Å². The Labute approximate surface area is 116 Å². The quantitative estimate of drug-likeness (QED) is 0.820. The van der Waals surface area contributed by atoms with Crippen molar-refractivity contribution in [3.8, 4) is 11.1 Å². The lowest BCUT2D eigenvalue weighted by atomic mass is 10.1. The highest BCUT2D eigenvalue weighted by Crippen LogP contribution is 2.21. The van der Waals surface area contributed by atoms with Gasteiger partial charge in [-0.05, 0) is 24.1 Å². The zero-order valence-electron chi connectivity index (χ0n) is 11.3. The average Bonchev–Trinajstić information content (AvgIpc) is 2.87. The number of aryl methyl sites for hydroxylation is 1. The Morgan fingerprint density at radius 1 is 1.35 bits per heavy atom. The predicted octanol–water partition coefficient (Wildman–Crippen LogP) is 3.58. The van der Waals surface area contributed by atoms with Gasteiger partial charge in [0.15, 0.2) is 0 Å². The van der Waals surface area contributed by atoms with Crippen molar-refractivity contribution in [1.29, 1.82) is 0 Å². The molecule has 0 atom stereocenters. The normalized spacial score (nSPS) is 10.7. The summed E-state index contributed by atoms with van der Waals surface area (Å²) >= 11 is 0. The zero-order chi connectivity index (χ0) is 14.5. The van der Waals surface area contributed by atoms with Crippen LogP contribution in [0.1, 0.15) is 36.5 Å². The monoisotopic (exact) mass is 276 g/mol. The molecule has 4 nitrogen and oxygen atoms in total. The first-order valence-electron chi connectivity index (χ1n) is 6.67. The van der Waals surface area contributed by atoms with E-state index >= 15 is 0 Å². The van der Waals surface area contributed by atoms with Crippen molar-refractivity contribution >= 4 is 5.97 Å². The molecular weight excluding hydrogens is 259 g/mol. The van der Waals surface area contributed by atoms with E-state index in [4.69, 9.17) is 5.11 Å². The molecule has 20 heavy (non-hydrogen) atoms. The molecule has 1 aromatic carbocycles. The second kappa shape index (κ2) is 6.32. The van der Waals surface area contributed by atoms with Crippen molar-refractivity contribution in [3.05, 3.63) is 42.0 Å². The first-order valence-corrected chi connectivity index (χ1v) is 6.67. The number of carbonyl (C=O) groups is 1. The fourth-order valence-electron chi connectivity index (χ4n) is 2.03. The summed E-state index contributed by atoms with van der Waals surface area (Å²) in [6.07, 6.45) is 6.88. The maximum Gasteiger partial charge on any atom is 0.338 e. The van der Waals surface area contributed by atoms with E-state index in [9.17, 15) is 9.18 Å². The molecule has 0 saturated carbocycles. The van der Waals surface area contributed by atoms with Crippen molar-refractivity contribution in [2.75, 3.05) is 0 Å². The smallest absolute Gasteiger partial charge is 0.338 e. The molecule has 2 rings (SSSR count). The molecule has 0 radical (unpaired) electrons. The molecule has 0 bridgehead atoms. The number of aromatic carboxylic acids is 1. The molecule has 0 fully saturated rings. The third-order valence-corrected chi connectivity index (χ3v) is 3.16. The number of rotatable bonds is 6. The number of hydrogen-bond acceptors (Lipinski definition) is 2. The number of unbranched alkanes of at least 4 members (excludes halogenated alkanes) is 2. The van der Waals surface area contributed by atoms with Gasteiger partial charge in [0, 0.05) is 18.3 Å². The van der Waals surface area contributed by atoms with Gasteiger partial charge in [0.2, 0.25) is 0 Å². The fraction of sp³-hybridized carbons (Fsp3) is 0.333. The number of carboxylic acids is 1. The van der Waals surface area contributed by atoms with Gasteiger partial charge in [-0.15, -0.1) is 0 Å². The molecule has 1 heterocycles. The molecule has 1 N–H and O–H groups in total. The topological polar surface area (TPSA) is 55.1 Å². The summed E-state index contributed by atoms with van der Waals surface area (Å²) in [7, 11) is 0. The minimum absolute atomic E-state index is 0.316. The summed E-state index contributed by atoms with van der Waals surface area (Å²) in [5.74, 6) is -1.99. The summed E-state index contributed by atoms with van der Waals surface area (Å²) in [5.41, 5.74) is 1.11. The number of nitrogens with zero attached hydrogens (tertiary/aromatic N) is 2. The van der Waals surface area contributed by atoms with Crippen molar-refractivity contribution in [2.24, 2.45) is 0 Å². The van der Waals surface area contributed by atoms with Gasteiger partial charge in [-0.25, -0.2) is 9.18 Å². The second-order valence-corrected chi connectivity index (χ2v) is 4.70. The molecule has 0 aliphatic heterocycles. The Balaban J connectivity index is 2.15. The number of benzene rings is 1. The molecule has 0 saturated heterocycles. The largest absolute Gasteiger partial charge is 0.478 e. The van der Waals surface area contributed by atoms with Gasteiger partial charge in [0.05, 0.1) is 11.8 Å². The van der Waals surface area contributed by atoms with Gasteiger partial charge < -0.3 is 5.11 Å². The lowest BCUT2D eigenvalue weighted by molar-refractivity contribution is 0.0692. The van der Waals surface area contributed by atoms with Crippen LogP contribution in [0.2, 0.25) is 0 Å². The van der Waals surface area contributed by atoms with Crippen molar-refractivity contribution in [3.63, 3.8) is 0 Å². The summed E-state index contributed by atoms with van der Waals surface area (Å²) in [6, 6.07) is 4.11. The summed E-state index contributed by atoms with van der Waals surface area (Å²) in [4.78, 5) is 10.8. The standard InChI is InChI=1S/C15H17FN2O2/c1-2-3-4-7-18-10-12(9-17-18)11-5-6-13(15(19)20)14(16)8-11/h5-6,8-10H,2-4,7H2,1H3,(H,19,20). The summed E-state index contributed by atoms with van der Waals surface area (Å²) < 4.78 is 15.5. The third kappa shape index (κ3) is 3.23. The van der Waals surface area contributed by atoms with E-state index < -0.39 is 11.8 Å². The Morgan fingerprint density at radius 2 is 2.15 bits per heavy atom. The van der Waals surface area contributed by atoms with Crippen LogP contribution in [-0.2, 0) is 6.54 Å². The molecule has 0 aliphatic carbocycles. The van der Waals surface area contributed by atoms with Crippen LogP contribution in [0, 0.1) is 5.82 Å². The Bertz CT molecular complexity index is 608. The van der Waals surface area contributed by atoms with E-state index in [0.717, 1.165) is 31.4 Å². The van der Waals surface area contributed by atoms with Gasteiger partial charge in [-0.2, -0.15) is 5.10 Å². The van der Waals surface area contributed by atoms with Crippen LogP contribution in [0.5, 0.6) is 0 Å². The van der Waals surface area contributed by atoms with E-state index in [0.29, 0.717) is 5.56 Å². The highest BCUT2D eigenvalue weighted by Gasteiger charge is 2.11. The van der Waals surface area contributed by atoms with Gasteiger partial charge in [0.25, 0.3) is 0 Å². The molecule has 2 aromatic rings. The Morgan fingerprint density at radius 3 is 2.80 bits per heavy atom. The second-order valence-electron chi connectivity index (χ2n) is 4.70. The first-order chi connectivity index (χ1) is 9.61. The van der Waals surface area contributed by atoms with E-state index in [-0.39, 0.29) is 5.56 Å². The number of aromatic nitrogens is 2. The average molecular weight is 276 g/mol. The van der Waals surface area contributed by atoms with Crippen LogP contribution >= 0.6 is 0 Å². The van der Waals surface area contributed by atoms with Crippen molar-refractivity contribution in [1.82, 2.24) is 9.78 Å². The number of hydrogen-bond donors (Lipinski definition) is 1. The lowest BCUT2D eigenvalue weighted by Crippen LogP contribution is -2.00. The number of carboxylic acid groups (broad SMARTS) is 1. The van der Waals surface area contributed by atoms with E-state index in [1.54, 1.807) is 12.3 Å². The van der Waals surface area contributed by atoms with E-state index in [2.05, 4.69) is 12.0 Å². The highest BCUT2D eigenvalue weighted by molar-refractivity contribution is 5.88. The molecule has 1 aromatic heterocycles. The lowest BCUT2D eigenvalue weighted by Gasteiger charge is -2.01. The van der Waals surface area contributed by atoms with E-state index in [1.165, 1.54) is 12.1 Å². The van der Waals surface area contributed by atoms with Crippen LogP contribution in [0.3, 0.4) is 0 Å². The van der Waals surface area contributed by atoms with Crippen LogP contribution in [-0.4, -0.2) is 20.9 Å².